The molecule has 0 atom stereocenters. The predicted octanol–water partition coefficient (Wildman–Crippen LogP) is 3.01. The topological polar surface area (TPSA) is 71.7 Å². The molecule has 7 heteroatoms. The van der Waals surface area contributed by atoms with Crippen molar-refractivity contribution in [2.45, 2.75) is 13.5 Å². The Hall–Kier alpha value is -3.19. The number of nitrogens with zero attached hydrogens (tertiary/aromatic N) is 4. The first kappa shape index (κ1) is 19.1. The fraction of sp³-hybridized carbons (Fsp3) is 0.318. The highest BCUT2D eigenvalue weighted by Crippen LogP contribution is 2.18. The highest BCUT2D eigenvalue weighted by Gasteiger charge is 2.23. The summed E-state index contributed by atoms with van der Waals surface area (Å²) in [5.41, 5.74) is 2.82. The van der Waals surface area contributed by atoms with Crippen LogP contribution in [0.25, 0.3) is 11.4 Å². The first-order chi connectivity index (χ1) is 14.1. The number of piperazine rings is 1. The summed E-state index contributed by atoms with van der Waals surface area (Å²) >= 11 is 0. The highest BCUT2D eigenvalue weighted by molar-refractivity contribution is 5.94. The fourth-order valence-electron chi connectivity index (χ4n) is 3.36. The monoisotopic (exact) mass is 392 g/mol. The first-order valence-electron chi connectivity index (χ1n) is 9.68. The molecule has 0 unspecified atom stereocenters. The maximum absolute atomic E-state index is 12.7. The highest BCUT2D eigenvalue weighted by atomic mass is 16.5. The Morgan fingerprint density at radius 2 is 1.72 bits per heavy atom. The van der Waals surface area contributed by atoms with E-state index in [4.69, 9.17) is 9.26 Å². The van der Waals surface area contributed by atoms with E-state index < -0.39 is 0 Å². The third-order valence-corrected chi connectivity index (χ3v) is 5.13. The predicted molar refractivity (Wildman–Crippen MR) is 109 cm³/mol. The van der Waals surface area contributed by atoms with Crippen molar-refractivity contribution >= 4 is 5.91 Å². The first-order valence-corrected chi connectivity index (χ1v) is 9.68. The lowest BCUT2D eigenvalue weighted by Gasteiger charge is -2.34. The van der Waals surface area contributed by atoms with Gasteiger partial charge in [0.15, 0.2) is 0 Å². The zero-order valence-corrected chi connectivity index (χ0v) is 16.7. The van der Waals surface area contributed by atoms with E-state index in [-0.39, 0.29) is 5.91 Å². The fourth-order valence-corrected chi connectivity index (χ4v) is 3.36. The second kappa shape index (κ2) is 8.45. The molecule has 0 radical (unpaired) electrons. The minimum Gasteiger partial charge on any atom is -0.497 e. The number of aromatic nitrogens is 2. The molecular formula is C22H24N4O3. The van der Waals surface area contributed by atoms with Gasteiger partial charge in [-0.25, -0.2) is 0 Å². The normalized spacial score (nSPS) is 14.8. The quantitative estimate of drug-likeness (QED) is 0.665. The minimum absolute atomic E-state index is 0.0479. The summed E-state index contributed by atoms with van der Waals surface area (Å²) in [6.45, 7) is 5.51. The van der Waals surface area contributed by atoms with E-state index in [1.54, 1.807) is 19.2 Å². The van der Waals surface area contributed by atoms with Gasteiger partial charge in [0.2, 0.25) is 11.7 Å². The number of benzene rings is 2. The number of aryl methyl sites for hydroxylation is 1. The van der Waals surface area contributed by atoms with Crippen LogP contribution in [0.5, 0.6) is 5.75 Å². The van der Waals surface area contributed by atoms with Gasteiger partial charge in [-0.2, -0.15) is 4.98 Å². The summed E-state index contributed by atoms with van der Waals surface area (Å²) in [5.74, 6) is 1.99. The zero-order valence-electron chi connectivity index (χ0n) is 16.7. The third kappa shape index (κ3) is 4.46. The van der Waals surface area contributed by atoms with Gasteiger partial charge in [0.1, 0.15) is 5.75 Å². The molecule has 0 aliphatic carbocycles. The molecule has 0 saturated carbocycles. The minimum atomic E-state index is 0.0479. The van der Waals surface area contributed by atoms with E-state index in [9.17, 15) is 4.79 Å². The molecule has 1 saturated heterocycles. The zero-order chi connectivity index (χ0) is 20.2. The molecule has 1 amide bonds. The number of hydrogen-bond donors (Lipinski definition) is 0. The van der Waals surface area contributed by atoms with Crippen molar-refractivity contribution in [2.75, 3.05) is 33.3 Å². The van der Waals surface area contributed by atoms with Crippen LogP contribution in [0.3, 0.4) is 0 Å². The summed E-state index contributed by atoms with van der Waals surface area (Å²) in [6.07, 6.45) is 0. The number of rotatable bonds is 5. The number of methoxy groups -OCH3 is 1. The van der Waals surface area contributed by atoms with Crippen LogP contribution in [0.2, 0.25) is 0 Å². The standard InChI is InChI=1S/C22H24N4O3/c1-16-3-5-17(6-4-16)21-23-20(29-24-21)15-25-11-13-26(14-12-25)22(27)18-7-9-19(28-2)10-8-18/h3-10H,11-15H2,1-2H3. The Labute approximate surface area is 169 Å². The van der Waals surface area contributed by atoms with Gasteiger partial charge in [0.05, 0.1) is 13.7 Å². The average molecular weight is 392 g/mol. The van der Waals surface area contributed by atoms with Crippen LogP contribution in [-0.4, -0.2) is 59.1 Å². The molecule has 3 aromatic rings. The van der Waals surface area contributed by atoms with Crippen molar-refractivity contribution < 1.29 is 14.1 Å². The molecule has 1 aliphatic rings. The number of carbonyl (C=O) groups excluding carboxylic acids is 1. The Balaban J connectivity index is 1.32. The molecule has 7 nitrogen and oxygen atoms in total. The number of carbonyl (C=O) groups is 1. The van der Waals surface area contributed by atoms with Crippen LogP contribution in [0.4, 0.5) is 0 Å². The van der Waals surface area contributed by atoms with Crippen LogP contribution < -0.4 is 4.74 Å². The molecule has 1 fully saturated rings. The Morgan fingerprint density at radius 3 is 2.38 bits per heavy atom. The van der Waals surface area contributed by atoms with Crippen molar-refractivity contribution in [1.29, 1.82) is 0 Å². The summed E-state index contributed by atoms with van der Waals surface area (Å²) in [6, 6.07) is 15.3. The van der Waals surface area contributed by atoms with Crippen LogP contribution in [0.15, 0.2) is 53.1 Å². The maximum atomic E-state index is 12.7. The van der Waals surface area contributed by atoms with E-state index in [0.717, 1.165) is 24.4 Å². The van der Waals surface area contributed by atoms with Crippen molar-refractivity contribution in [3.63, 3.8) is 0 Å². The maximum Gasteiger partial charge on any atom is 0.253 e. The Bertz CT molecular complexity index is 958. The van der Waals surface area contributed by atoms with Gasteiger partial charge >= 0.3 is 0 Å². The van der Waals surface area contributed by atoms with E-state index in [0.29, 0.717) is 36.9 Å². The van der Waals surface area contributed by atoms with Gasteiger partial charge in [-0.15, -0.1) is 0 Å². The molecule has 4 rings (SSSR count). The van der Waals surface area contributed by atoms with E-state index in [1.807, 2.05) is 48.2 Å². The van der Waals surface area contributed by atoms with E-state index in [2.05, 4.69) is 15.0 Å². The van der Waals surface area contributed by atoms with Gasteiger partial charge in [-0.05, 0) is 31.2 Å². The molecular weight excluding hydrogens is 368 g/mol. The lowest BCUT2D eigenvalue weighted by molar-refractivity contribution is 0.0615. The number of amides is 1. The lowest BCUT2D eigenvalue weighted by atomic mass is 10.1. The molecule has 0 N–H and O–H groups in total. The van der Waals surface area contributed by atoms with Gasteiger partial charge in [-0.3, -0.25) is 9.69 Å². The van der Waals surface area contributed by atoms with Gasteiger partial charge in [0, 0.05) is 37.3 Å². The molecule has 1 aromatic heterocycles. The smallest absolute Gasteiger partial charge is 0.253 e. The summed E-state index contributed by atoms with van der Waals surface area (Å²) in [7, 11) is 1.61. The van der Waals surface area contributed by atoms with Crippen molar-refractivity contribution in [3.8, 4) is 17.1 Å². The average Bonchev–Trinajstić information content (AvgIpc) is 3.23. The molecule has 2 aromatic carbocycles. The van der Waals surface area contributed by atoms with Crippen molar-refractivity contribution in [1.82, 2.24) is 19.9 Å². The second-order valence-electron chi connectivity index (χ2n) is 7.17. The van der Waals surface area contributed by atoms with Crippen molar-refractivity contribution in [3.05, 3.63) is 65.5 Å². The molecule has 0 bridgehead atoms. The van der Waals surface area contributed by atoms with Crippen LogP contribution in [0.1, 0.15) is 21.8 Å². The van der Waals surface area contributed by atoms with Gasteiger partial charge < -0.3 is 14.2 Å². The van der Waals surface area contributed by atoms with Gasteiger partial charge in [0.25, 0.3) is 5.91 Å². The van der Waals surface area contributed by atoms with Crippen LogP contribution >= 0.6 is 0 Å². The van der Waals surface area contributed by atoms with Crippen molar-refractivity contribution in [2.24, 2.45) is 0 Å². The third-order valence-electron chi connectivity index (χ3n) is 5.13. The molecule has 2 heterocycles. The SMILES string of the molecule is COc1ccc(C(=O)N2CCN(Cc3nc(-c4ccc(C)cc4)no3)CC2)cc1. The lowest BCUT2D eigenvalue weighted by Crippen LogP contribution is -2.48. The van der Waals surface area contributed by atoms with E-state index >= 15 is 0 Å². The molecule has 0 spiro atoms. The molecule has 29 heavy (non-hydrogen) atoms. The summed E-state index contributed by atoms with van der Waals surface area (Å²) in [4.78, 5) is 21.3. The van der Waals surface area contributed by atoms with Gasteiger partial charge in [-0.1, -0.05) is 35.0 Å². The number of ether oxygens (including phenoxy) is 1. The molecule has 150 valence electrons. The summed E-state index contributed by atoms with van der Waals surface area (Å²) in [5, 5.41) is 4.09. The van der Waals surface area contributed by atoms with E-state index in [1.165, 1.54) is 5.56 Å². The Morgan fingerprint density at radius 1 is 1.03 bits per heavy atom. The second-order valence-corrected chi connectivity index (χ2v) is 7.17. The number of hydrogen-bond acceptors (Lipinski definition) is 6. The molecule has 1 aliphatic heterocycles. The van der Waals surface area contributed by atoms with Crippen LogP contribution in [-0.2, 0) is 6.54 Å². The Kier molecular flexibility index (Phi) is 5.57. The largest absolute Gasteiger partial charge is 0.497 e. The van der Waals surface area contributed by atoms with Crippen LogP contribution in [0, 0.1) is 6.92 Å². The summed E-state index contributed by atoms with van der Waals surface area (Å²) < 4.78 is 10.6.